The van der Waals surface area contributed by atoms with E-state index in [0.717, 1.165) is 7.14 Å². The van der Waals surface area contributed by atoms with Crippen LogP contribution in [0.15, 0.2) is 18.2 Å². The minimum Gasteiger partial charge on any atom is -0.459 e. The third kappa shape index (κ3) is 3.38. The van der Waals surface area contributed by atoms with Gasteiger partial charge in [0.25, 0.3) is 0 Å². The SMILES string of the molecule is CC(C)OC(=O)c1cc(I)ccc1I. The van der Waals surface area contributed by atoms with Gasteiger partial charge in [0, 0.05) is 7.14 Å². The van der Waals surface area contributed by atoms with E-state index in [1.54, 1.807) is 0 Å². The van der Waals surface area contributed by atoms with Gasteiger partial charge in [-0.15, -0.1) is 0 Å². The van der Waals surface area contributed by atoms with Crippen molar-refractivity contribution in [1.29, 1.82) is 0 Å². The Hall–Kier alpha value is 0.150. The lowest BCUT2D eigenvalue weighted by Gasteiger charge is -2.09. The maximum absolute atomic E-state index is 11.6. The predicted octanol–water partition coefficient (Wildman–Crippen LogP) is 3.46. The third-order valence-corrected chi connectivity index (χ3v) is 3.10. The second-order valence-corrected chi connectivity index (χ2v) is 5.49. The first-order chi connectivity index (χ1) is 6.50. The van der Waals surface area contributed by atoms with Crippen LogP contribution in [-0.2, 0) is 4.74 Å². The summed E-state index contributed by atoms with van der Waals surface area (Å²) < 4.78 is 7.09. The molecule has 0 aliphatic carbocycles. The summed E-state index contributed by atoms with van der Waals surface area (Å²) in [5.41, 5.74) is 0.645. The van der Waals surface area contributed by atoms with Gasteiger partial charge < -0.3 is 4.74 Å². The zero-order valence-electron chi connectivity index (χ0n) is 7.88. The molecule has 0 radical (unpaired) electrons. The Labute approximate surface area is 111 Å². The summed E-state index contributed by atoms with van der Waals surface area (Å²) in [6.45, 7) is 3.69. The van der Waals surface area contributed by atoms with E-state index in [4.69, 9.17) is 4.74 Å². The molecule has 0 unspecified atom stereocenters. The fraction of sp³-hybridized carbons (Fsp3) is 0.300. The molecule has 0 aliphatic rings. The number of rotatable bonds is 2. The van der Waals surface area contributed by atoms with Crippen LogP contribution < -0.4 is 0 Å². The molecule has 0 atom stereocenters. The van der Waals surface area contributed by atoms with Crippen LogP contribution in [0.2, 0.25) is 0 Å². The summed E-state index contributed by atoms with van der Waals surface area (Å²) in [5, 5.41) is 0. The van der Waals surface area contributed by atoms with Gasteiger partial charge in [-0.25, -0.2) is 4.79 Å². The van der Waals surface area contributed by atoms with Crippen molar-refractivity contribution >= 4 is 51.2 Å². The molecule has 1 aromatic rings. The summed E-state index contributed by atoms with van der Waals surface area (Å²) in [5.74, 6) is -0.247. The van der Waals surface area contributed by atoms with Gasteiger partial charge in [-0.05, 0) is 77.2 Å². The third-order valence-electron chi connectivity index (χ3n) is 1.49. The quantitative estimate of drug-likeness (QED) is 0.546. The number of halogens is 2. The molecule has 0 fully saturated rings. The molecule has 0 aliphatic heterocycles. The van der Waals surface area contributed by atoms with E-state index in [1.165, 1.54) is 0 Å². The highest BCUT2D eigenvalue weighted by Gasteiger charge is 2.12. The number of carbonyl (C=O) groups excluding carboxylic acids is 1. The summed E-state index contributed by atoms with van der Waals surface area (Å²) in [7, 11) is 0. The summed E-state index contributed by atoms with van der Waals surface area (Å²) in [6, 6.07) is 5.72. The van der Waals surface area contributed by atoms with E-state index in [1.807, 2.05) is 32.0 Å². The molecule has 0 N–H and O–H groups in total. The number of carbonyl (C=O) groups is 1. The number of hydrogen-bond donors (Lipinski definition) is 0. The Morgan fingerprint density at radius 3 is 2.57 bits per heavy atom. The van der Waals surface area contributed by atoms with Crippen molar-refractivity contribution in [2.75, 3.05) is 0 Å². The molecule has 76 valence electrons. The molecule has 0 heterocycles. The number of ether oxygens (including phenoxy) is 1. The molecule has 0 aromatic heterocycles. The van der Waals surface area contributed by atoms with Crippen LogP contribution in [0.5, 0.6) is 0 Å². The van der Waals surface area contributed by atoms with Crippen molar-refractivity contribution in [3.8, 4) is 0 Å². The Morgan fingerprint density at radius 2 is 2.00 bits per heavy atom. The van der Waals surface area contributed by atoms with E-state index >= 15 is 0 Å². The molecular weight excluding hydrogens is 406 g/mol. The van der Waals surface area contributed by atoms with Crippen molar-refractivity contribution in [2.24, 2.45) is 0 Å². The highest BCUT2D eigenvalue weighted by molar-refractivity contribution is 14.1. The molecule has 0 bridgehead atoms. The predicted molar refractivity (Wildman–Crippen MR) is 72.4 cm³/mol. The van der Waals surface area contributed by atoms with Crippen LogP contribution in [0.1, 0.15) is 24.2 Å². The largest absolute Gasteiger partial charge is 0.459 e. The van der Waals surface area contributed by atoms with Gasteiger partial charge in [0.2, 0.25) is 0 Å². The van der Waals surface area contributed by atoms with Gasteiger partial charge in [-0.2, -0.15) is 0 Å². The van der Waals surface area contributed by atoms with Gasteiger partial charge in [0.15, 0.2) is 0 Å². The maximum atomic E-state index is 11.6. The van der Waals surface area contributed by atoms with Gasteiger partial charge in [-0.1, -0.05) is 0 Å². The van der Waals surface area contributed by atoms with Crippen molar-refractivity contribution in [1.82, 2.24) is 0 Å². The van der Waals surface area contributed by atoms with Crippen molar-refractivity contribution in [2.45, 2.75) is 20.0 Å². The normalized spacial score (nSPS) is 10.4. The number of hydrogen-bond acceptors (Lipinski definition) is 2. The zero-order valence-corrected chi connectivity index (χ0v) is 12.2. The smallest absolute Gasteiger partial charge is 0.339 e. The number of esters is 1. The molecule has 0 saturated heterocycles. The Kier molecular flexibility index (Phi) is 4.62. The average Bonchev–Trinajstić information content (AvgIpc) is 2.08. The lowest BCUT2D eigenvalue weighted by Crippen LogP contribution is -2.13. The lowest BCUT2D eigenvalue weighted by atomic mass is 10.2. The van der Waals surface area contributed by atoms with Gasteiger partial charge in [0.05, 0.1) is 11.7 Å². The fourth-order valence-corrected chi connectivity index (χ4v) is 1.98. The van der Waals surface area contributed by atoms with E-state index in [9.17, 15) is 4.79 Å². The molecule has 2 nitrogen and oxygen atoms in total. The van der Waals surface area contributed by atoms with Crippen LogP contribution in [0.3, 0.4) is 0 Å². The Balaban J connectivity index is 2.94. The number of benzene rings is 1. The molecule has 1 aromatic carbocycles. The molecule has 0 amide bonds. The summed E-state index contributed by atoms with van der Waals surface area (Å²) in [6.07, 6.45) is -0.0730. The van der Waals surface area contributed by atoms with Crippen molar-refractivity contribution in [3.63, 3.8) is 0 Å². The topological polar surface area (TPSA) is 26.3 Å². The van der Waals surface area contributed by atoms with Crippen LogP contribution in [-0.4, -0.2) is 12.1 Å². The summed E-state index contributed by atoms with van der Waals surface area (Å²) in [4.78, 5) is 11.6. The average molecular weight is 416 g/mol. The van der Waals surface area contributed by atoms with E-state index in [0.29, 0.717) is 5.56 Å². The minimum absolute atomic E-state index is 0.0730. The highest BCUT2D eigenvalue weighted by Crippen LogP contribution is 2.17. The van der Waals surface area contributed by atoms with E-state index in [2.05, 4.69) is 45.2 Å². The Morgan fingerprint density at radius 1 is 1.36 bits per heavy atom. The second kappa shape index (κ2) is 5.29. The second-order valence-electron chi connectivity index (χ2n) is 3.08. The lowest BCUT2D eigenvalue weighted by molar-refractivity contribution is 0.0376. The Bertz CT molecular complexity index is 348. The monoisotopic (exact) mass is 416 g/mol. The minimum atomic E-state index is -0.247. The van der Waals surface area contributed by atoms with Gasteiger partial charge >= 0.3 is 5.97 Å². The highest BCUT2D eigenvalue weighted by atomic mass is 127. The first-order valence-corrected chi connectivity index (χ1v) is 6.32. The molecule has 0 saturated carbocycles. The van der Waals surface area contributed by atoms with E-state index < -0.39 is 0 Å². The first-order valence-electron chi connectivity index (χ1n) is 4.16. The van der Waals surface area contributed by atoms with Gasteiger partial charge in [-0.3, -0.25) is 0 Å². The van der Waals surface area contributed by atoms with Crippen LogP contribution >= 0.6 is 45.2 Å². The maximum Gasteiger partial charge on any atom is 0.339 e. The molecule has 1 rings (SSSR count). The molecular formula is C10H10I2O2. The standard InChI is InChI=1S/C10H10I2O2/c1-6(2)14-10(13)8-5-7(11)3-4-9(8)12/h3-6H,1-2H3. The van der Waals surface area contributed by atoms with Crippen molar-refractivity contribution < 1.29 is 9.53 Å². The molecule has 0 spiro atoms. The van der Waals surface area contributed by atoms with Crippen LogP contribution in [0.4, 0.5) is 0 Å². The first kappa shape index (κ1) is 12.2. The molecule has 14 heavy (non-hydrogen) atoms. The van der Waals surface area contributed by atoms with Crippen molar-refractivity contribution in [3.05, 3.63) is 30.9 Å². The van der Waals surface area contributed by atoms with Crippen LogP contribution in [0, 0.1) is 7.14 Å². The van der Waals surface area contributed by atoms with Crippen LogP contribution in [0.25, 0.3) is 0 Å². The van der Waals surface area contributed by atoms with E-state index in [-0.39, 0.29) is 12.1 Å². The molecule has 4 heteroatoms. The fourth-order valence-electron chi connectivity index (χ4n) is 0.931. The van der Waals surface area contributed by atoms with Gasteiger partial charge in [0.1, 0.15) is 0 Å². The summed E-state index contributed by atoms with van der Waals surface area (Å²) >= 11 is 4.31. The zero-order chi connectivity index (χ0) is 10.7.